The van der Waals surface area contributed by atoms with Gasteiger partial charge in [-0.3, -0.25) is 4.79 Å². The zero-order valence-corrected chi connectivity index (χ0v) is 14.3. The van der Waals surface area contributed by atoms with Gasteiger partial charge in [-0.05, 0) is 68.8 Å². The number of carbonyl (C=O) groups excluding carboxylic acids is 1. The van der Waals surface area contributed by atoms with Gasteiger partial charge in [0.15, 0.2) is 5.78 Å². The van der Waals surface area contributed by atoms with Gasteiger partial charge >= 0.3 is 0 Å². The minimum atomic E-state index is -0.815. The molecule has 0 heterocycles. The number of ketones is 1. The molecular formula is C20H30O2. The number of rotatable bonds is 0. The topological polar surface area (TPSA) is 37.3 Å². The standard InChI is InChI=1S/C20H30O2/c1-12-6-5-7-13(2)15-10-11-20(4)17(15)14(3)16(9-8-12)18(21)19(20)22/h12,15,17,19,22H,2,5-11H2,1,3-4H3/t12-,15-,17+,19-,20-/m0/s1. The van der Waals surface area contributed by atoms with Crippen molar-refractivity contribution in [2.75, 3.05) is 0 Å². The van der Waals surface area contributed by atoms with Gasteiger partial charge in [0.25, 0.3) is 0 Å². The Kier molecular flexibility index (Phi) is 4.09. The van der Waals surface area contributed by atoms with Crippen molar-refractivity contribution in [3.05, 3.63) is 23.3 Å². The average Bonchev–Trinajstić information content (AvgIpc) is 2.83. The molecule has 0 amide bonds. The van der Waals surface area contributed by atoms with Crippen molar-refractivity contribution in [2.45, 2.75) is 71.8 Å². The van der Waals surface area contributed by atoms with Crippen LogP contribution in [0.2, 0.25) is 0 Å². The minimum absolute atomic E-state index is 0.00830. The lowest BCUT2D eigenvalue weighted by atomic mass is 9.61. The van der Waals surface area contributed by atoms with Crippen molar-refractivity contribution in [3.8, 4) is 0 Å². The van der Waals surface area contributed by atoms with Crippen molar-refractivity contribution < 1.29 is 9.90 Å². The summed E-state index contributed by atoms with van der Waals surface area (Å²) in [4.78, 5) is 12.7. The summed E-state index contributed by atoms with van der Waals surface area (Å²) in [5.74, 6) is 1.42. The lowest BCUT2D eigenvalue weighted by molar-refractivity contribution is -0.133. The fraction of sp³-hybridized carbons (Fsp3) is 0.750. The summed E-state index contributed by atoms with van der Waals surface area (Å²) in [7, 11) is 0. The summed E-state index contributed by atoms with van der Waals surface area (Å²) in [5.41, 5.74) is 3.26. The first-order valence-electron chi connectivity index (χ1n) is 8.96. The molecule has 2 nitrogen and oxygen atoms in total. The monoisotopic (exact) mass is 302 g/mol. The highest BCUT2D eigenvalue weighted by Crippen LogP contribution is 2.58. The lowest BCUT2D eigenvalue weighted by Gasteiger charge is -2.43. The van der Waals surface area contributed by atoms with Gasteiger partial charge in [0.2, 0.25) is 0 Å². The molecule has 22 heavy (non-hydrogen) atoms. The predicted octanol–water partition coefficient (Wildman–Crippen LogP) is 4.44. The van der Waals surface area contributed by atoms with Crippen LogP contribution in [0.3, 0.4) is 0 Å². The first kappa shape index (κ1) is 16.0. The molecule has 3 aliphatic carbocycles. The van der Waals surface area contributed by atoms with Gasteiger partial charge in [-0.25, -0.2) is 0 Å². The fourth-order valence-electron chi connectivity index (χ4n) is 5.36. The Morgan fingerprint density at radius 2 is 1.95 bits per heavy atom. The SMILES string of the molecule is C=C1CCC[C@H](C)CCC2=C(C)[C@@H]3[C@H]1CC[C@]3(C)[C@@H](O)C2=O. The summed E-state index contributed by atoms with van der Waals surface area (Å²) >= 11 is 0. The fourth-order valence-corrected chi connectivity index (χ4v) is 5.36. The number of carbonyl (C=O) groups is 1. The molecule has 0 unspecified atom stereocenters. The second-order valence-electron chi connectivity index (χ2n) is 8.25. The molecule has 3 rings (SSSR count). The highest BCUT2D eigenvalue weighted by atomic mass is 16.3. The first-order chi connectivity index (χ1) is 10.4. The van der Waals surface area contributed by atoms with Gasteiger partial charge in [0.1, 0.15) is 6.10 Å². The normalized spacial score (nSPS) is 43.3. The lowest BCUT2D eigenvalue weighted by Crippen LogP contribution is -2.48. The molecule has 1 fully saturated rings. The second-order valence-corrected chi connectivity index (χ2v) is 8.25. The predicted molar refractivity (Wildman–Crippen MR) is 89.4 cm³/mol. The molecule has 0 spiro atoms. The number of aliphatic hydroxyl groups excluding tert-OH is 1. The summed E-state index contributed by atoms with van der Waals surface area (Å²) in [6.07, 6.45) is 6.64. The van der Waals surface area contributed by atoms with E-state index in [-0.39, 0.29) is 11.2 Å². The van der Waals surface area contributed by atoms with Crippen LogP contribution in [-0.4, -0.2) is 17.0 Å². The van der Waals surface area contributed by atoms with Crippen LogP contribution in [0.4, 0.5) is 0 Å². The van der Waals surface area contributed by atoms with E-state index >= 15 is 0 Å². The minimum Gasteiger partial charge on any atom is -0.384 e. The molecule has 0 aromatic heterocycles. The molecule has 0 aliphatic heterocycles. The van der Waals surface area contributed by atoms with E-state index in [1.165, 1.54) is 24.0 Å². The Morgan fingerprint density at radius 3 is 2.68 bits per heavy atom. The van der Waals surface area contributed by atoms with Crippen LogP contribution >= 0.6 is 0 Å². The Labute approximate surface area is 134 Å². The van der Waals surface area contributed by atoms with Crippen LogP contribution in [-0.2, 0) is 4.79 Å². The van der Waals surface area contributed by atoms with E-state index in [1.54, 1.807) is 0 Å². The Balaban J connectivity index is 2.07. The van der Waals surface area contributed by atoms with E-state index < -0.39 is 6.10 Å². The summed E-state index contributed by atoms with van der Waals surface area (Å²) in [6, 6.07) is 0. The number of aliphatic hydroxyl groups is 1. The summed E-state index contributed by atoms with van der Waals surface area (Å²) in [6.45, 7) is 10.9. The zero-order chi connectivity index (χ0) is 16.1. The molecule has 1 saturated carbocycles. The van der Waals surface area contributed by atoms with E-state index in [1.807, 2.05) is 0 Å². The molecule has 122 valence electrons. The van der Waals surface area contributed by atoms with E-state index in [4.69, 9.17) is 0 Å². The van der Waals surface area contributed by atoms with Crippen LogP contribution in [0, 0.1) is 23.2 Å². The van der Waals surface area contributed by atoms with Crippen molar-refractivity contribution in [1.29, 1.82) is 0 Å². The van der Waals surface area contributed by atoms with E-state index in [2.05, 4.69) is 27.4 Å². The largest absolute Gasteiger partial charge is 0.384 e. The van der Waals surface area contributed by atoms with Crippen molar-refractivity contribution >= 4 is 5.78 Å². The molecule has 0 saturated heterocycles. The van der Waals surface area contributed by atoms with Crippen molar-refractivity contribution in [1.82, 2.24) is 0 Å². The molecule has 0 radical (unpaired) electrons. The quantitative estimate of drug-likeness (QED) is 0.672. The van der Waals surface area contributed by atoms with E-state index in [0.717, 1.165) is 37.7 Å². The van der Waals surface area contributed by atoms with Gasteiger partial charge < -0.3 is 5.11 Å². The smallest absolute Gasteiger partial charge is 0.187 e. The molecule has 3 aliphatic rings. The van der Waals surface area contributed by atoms with E-state index in [0.29, 0.717) is 17.8 Å². The van der Waals surface area contributed by atoms with E-state index in [9.17, 15) is 9.90 Å². The zero-order valence-electron chi connectivity index (χ0n) is 14.3. The maximum absolute atomic E-state index is 12.7. The third-order valence-electron chi connectivity index (χ3n) is 6.83. The van der Waals surface area contributed by atoms with Crippen molar-refractivity contribution in [3.63, 3.8) is 0 Å². The molecule has 0 aromatic rings. The summed E-state index contributed by atoms with van der Waals surface area (Å²) < 4.78 is 0. The molecular weight excluding hydrogens is 272 g/mol. The van der Waals surface area contributed by atoms with Crippen LogP contribution in [0.5, 0.6) is 0 Å². The number of hydrogen-bond donors (Lipinski definition) is 1. The van der Waals surface area contributed by atoms with Crippen LogP contribution in [0.15, 0.2) is 23.3 Å². The average molecular weight is 302 g/mol. The van der Waals surface area contributed by atoms with Crippen LogP contribution < -0.4 is 0 Å². The Morgan fingerprint density at radius 1 is 1.23 bits per heavy atom. The maximum atomic E-state index is 12.7. The second kappa shape index (κ2) is 5.63. The third kappa shape index (κ3) is 2.31. The highest BCUT2D eigenvalue weighted by Gasteiger charge is 2.56. The molecule has 0 aromatic carbocycles. The maximum Gasteiger partial charge on any atom is 0.187 e. The molecule has 2 heteroatoms. The third-order valence-corrected chi connectivity index (χ3v) is 6.83. The number of allylic oxidation sites excluding steroid dienone is 2. The van der Waals surface area contributed by atoms with Crippen LogP contribution in [0.1, 0.15) is 65.7 Å². The first-order valence-corrected chi connectivity index (χ1v) is 8.96. The molecule has 2 bridgehead atoms. The Hall–Kier alpha value is -0.890. The van der Waals surface area contributed by atoms with Gasteiger partial charge in [0.05, 0.1) is 0 Å². The van der Waals surface area contributed by atoms with Gasteiger partial charge in [-0.1, -0.05) is 38.0 Å². The summed E-state index contributed by atoms with van der Waals surface area (Å²) in [5, 5.41) is 10.7. The van der Waals surface area contributed by atoms with Crippen molar-refractivity contribution in [2.24, 2.45) is 23.2 Å². The molecule has 1 N–H and O–H groups in total. The van der Waals surface area contributed by atoms with Gasteiger partial charge in [-0.15, -0.1) is 0 Å². The number of Topliss-reactive ketones (excluding diaryl/α,β-unsaturated/α-hetero) is 1. The van der Waals surface area contributed by atoms with Gasteiger partial charge in [0, 0.05) is 5.41 Å². The van der Waals surface area contributed by atoms with Crippen LogP contribution in [0.25, 0.3) is 0 Å². The highest BCUT2D eigenvalue weighted by molar-refractivity contribution is 6.01. The number of hydrogen-bond acceptors (Lipinski definition) is 2. The molecule has 5 atom stereocenters. The Bertz CT molecular complexity index is 530. The van der Waals surface area contributed by atoms with Gasteiger partial charge in [-0.2, -0.15) is 0 Å².